The smallest absolute Gasteiger partial charge is 0.254 e. The Morgan fingerprint density at radius 3 is 2.82 bits per heavy atom. The van der Waals surface area contributed by atoms with Crippen molar-refractivity contribution in [3.63, 3.8) is 0 Å². The number of aromatic hydroxyl groups is 1. The van der Waals surface area contributed by atoms with Crippen LogP contribution in [0.25, 0.3) is 0 Å². The van der Waals surface area contributed by atoms with Gasteiger partial charge < -0.3 is 14.8 Å². The summed E-state index contributed by atoms with van der Waals surface area (Å²) in [7, 11) is 0. The van der Waals surface area contributed by atoms with Crippen molar-refractivity contribution < 1.29 is 14.3 Å². The van der Waals surface area contributed by atoms with Crippen LogP contribution in [0.15, 0.2) is 41.0 Å². The van der Waals surface area contributed by atoms with Crippen LogP contribution in [0.3, 0.4) is 0 Å². The Kier molecular flexibility index (Phi) is 3.14. The van der Waals surface area contributed by atoms with Crippen molar-refractivity contribution >= 4 is 5.91 Å². The molecule has 0 aliphatic rings. The molecular formula is C13H13NO3. The van der Waals surface area contributed by atoms with Crippen LogP contribution >= 0.6 is 0 Å². The number of para-hydroxylation sites is 1. The van der Waals surface area contributed by atoms with Gasteiger partial charge in [-0.3, -0.25) is 4.79 Å². The SMILES string of the molecule is Cc1cc(C(=O)NCc2ccccc2O)co1. The third-order valence-corrected chi connectivity index (χ3v) is 2.42. The molecule has 0 saturated carbocycles. The molecule has 2 N–H and O–H groups in total. The highest BCUT2D eigenvalue weighted by Gasteiger charge is 2.08. The summed E-state index contributed by atoms with van der Waals surface area (Å²) in [5.41, 5.74) is 1.17. The molecule has 1 amide bonds. The predicted molar refractivity (Wildman–Crippen MR) is 62.7 cm³/mol. The Hall–Kier alpha value is -2.23. The lowest BCUT2D eigenvalue weighted by Gasteiger charge is -2.05. The van der Waals surface area contributed by atoms with Gasteiger partial charge in [-0.2, -0.15) is 0 Å². The third kappa shape index (κ3) is 2.66. The van der Waals surface area contributed by atoms with E-state index in [1.165, 1.54) is 6.26 Å². The number of hydrogen-bond acceptors (Lipinski definition) is 3. The first kappa shape index (κ1) is 11.3. The minimum Gasteiger partial charge on any atom is -0.508 e. The minimum absolute atomic E-state index is 0.177. The van der Waals surface area contributed by atoms with Crippen LogP contribution in [0.1, 0.15) is 21.7 Å². The number of amides is 1. The van der Waals surface area contributed by atoms with Crippen molar-refractivity contribution in [2.75, 3.05) is 0 Å². The normalized spacial score (nSPS) is 10.2. The Balaban J connectivity index is 1.99. The molecular weight excluding hydrogens is 218 g/mol. The van der Waals surface area contributed by atoms with E-state index in [2.05, 4.69) is 5.32 Å². The molecule has 0 bridgehead atoms. The highest BCUT2D eigenvalue weighted by Crippen LogP contribution is 2.15. The second-order valence-corrected chi connectivity index (χ2v) is 3.76. The van der Waals surface area contributed by atoms with Gasteiger partial charge in [-0.1, -0.05) is 18.2 Å². The van der Waals surface area contributed by atoms with Crippen molar-refractivity contribution in [3.05, 3.63) is 53.5 Å². The summed E-state index contributed by atoms with van der Waals surface area (Å²) in [6.07, 6.45) is 1.41. The second kappa shape index (κ2) is 4.74. The maximum Gasteiger partial charge on any atom is 0.254 e. The number of aryl methyl sites for hydroxylation is 1. The first-order valence-corrected chi connectivity index (χ1v) is 5.27. The maximum atomic E-state index is 11.7. The minimum atomic E-state index is -0.217. The Morgan fingerprint density at radius 2 is 2.18 bits per heavy atom. The van der Waals surface area contributed by atoms with Crippen LogP contribution < -0.4 is 5.32 Å². The molecule has 0 aliphatic heterocycles. The van der Waals surface area contributed by atoms with Crippen molar-refractivity contribution in [1.29, 1.82) is 0 Å². The largest absolute Gasteiger partial charge is 0.508 e. The molecule has 1 heterocycles. The summed E-state index contributed by atoms with van der Waals surface area (Å²) in [5.74, 6) is 0.652. The van der Waals surface area contributed by atoms with Gasteiger partial charge >= 0.3 is 0 Å². The Bertz CT molecular complexity index is 531. The van der Waals surface area contributed by atoms with Gasteiger partial charge in [0.25, 0.3) is 5.91 Å². The highest BCUT2D eigenvalue weighted by molar-refractivity contribution is 5.93. The molecule has 4 nitrogen and oxygen atoms in total. The summed E-state index contributed by atoms with van der Waals surface area (Å²) in [4.78, 5) is 11.7. The van der Waals surface area contributed by atoms with Crippen molar-refractivity contribution in [1.82, 2.24) is 5.32 Å². The standard InChI is InChI=1S/C13H13NO3/c1-9-6-11(8-17-9)13(16)14-7-10-4-2-3-5-12(10)15/h2-6,8,15H,7H2,1H3,(H,14,16). The topological polar surface area (TPSA) is 62.5 Å². The number of phenolic OH excluding ortho intramolecular Hbond substituents is 1. The van der Waals surface area contributed by atoms with Crippen molar-refractivity contribution in [2.45, 2.75) is 13.5 Å². The number of benzene rings is 1. The van der Waals surface area contributed by atoms with E-state index >= 15 is 0 Å². The average molecular weight is 231 g/mol. The molecule has 0 fully saturated rings. The fourth-order valence-electron chi connectivity index (χ4n) is 1.50. The van der Waals surface area contributed by atoms with Crippen LogP contribution in [0.5, 0.6) is 5.75 Å². The van der Waals surface area contributed by atoms with E-state index in [4.69, 9.17) is 4.42 Å². The molecule has 0 unspecified atom stereocenters. The lowest BCUT2D eigenvalue weighted by atomic mass is 10.2. The summed E-state index contributed by atoms with van der Waals surface area (Å²) >= 11 is 0. The first-order chi connectivity index (χ1) is 8.16. The molecule has 1 aromatic carbocycles. The van der Waals surface area contributed by atoms with E-state index in [1.807, 2.05) is 6.07 Å². The zero-order chi connectivity index (χ0) is 12.3. The second-order valence-electron chi connectivity index (χ2n) is 3.76. The number of phenols is 1. The van der Waals surface area contributed by atoms with Crippen LogP contribution in [0.4, 0.5) is 0 Å². The molecule has 0 radical (unpaired) electrons. The van der Waals surface area contributed by atoms with E-state index in [-0.39, 0.29) is 18.2 Å². The quantitative estimate of drug-likeness (QED) is 0.851. The van der Waals surface area contributed by atoms with Crippen LogP contribution in [0.2, 0.25) is 0 Å². The fourth-order valence-corrected chi connectivity index (χ4v) is 1.50. The molecule has 88 valence electrons. The monoisotopic (exact) mass is 231 g/mol. The Morgan fingerprint density at radius 1 is 1.41 bits per heavy atom. The van der Waals surface area contributed by atoms with E-state index < -0.39 is 0 Å². The van der Waals surface area contributed by atoms with Gasteiger partial charge in [0.2, 0.25) is 0 Å². The molecule has 0 spiro atoms. The molecule has 4 heteroatoms. The molecule has 1 aromatic heterocycles. The van der Waals surface area contributed by atoms with Gasteiger partial charge in [-0.05, 0) is 19.1 Å². The molecule has 2 aromatic rings. The van der Waals surface area contributed by atoms with E-state index in [0.29, 0.717) is 16.9 Å². The maximum absolute atomic E-state index is 11.7. The number of nitrogens with one attached hydrogen (secondary N) is 1. The highest BCUT2D eigenvalue weighted by atomic mass is 16.3. The average Bonchev–Trinajstić information content (AvgIpc) is 2.74. The van der Waals surface area contributed by atoms with Crippen molar-refractivity contribution in [3.8, 4) is 5.75 Å². The van der Waals surface area contributed by atoms with Crippen LogP contribution in [-0.2, 0) is 6.54 Å². The molecule has 0 aliphatic carbocycles. The third-order valence-electron chi connectivity index (χ3n) is 2.42. The van der Waals surface area contributed by atoms with E-state index in [1.54, 1.807) is 31.2 Å². The molecule has 17 heavy (non-hydrogen) atoms. The number of hydrogen-bond donors (Lipinski definition) is 2. The zero-order valence-corrected chi connectivity index (χ0v) is 9.43. The van der Waals surface area contributed by atoms with Gasteiger partial charge in [0, 0.05) is 12.1 Å². The summed E-state index contributed by atoms with van der Waals surface area (Å²) < 4.78 is 5.05. The predicted octanol–water partition coefficient (Wildman–Crippen LogP) is 2.22. The molecule has 0 atom stereocenters. The Labute approximate surface area is 98.9 Å². The van der Waals surface area contributed by atoms with E-state index in [9.17, 15) is 9.90 Å². The summed E-state index contributed by atoms with van der Waals surface area (Å²) in [6, 6.07) is 8.56. The lowest BCUT2D eigenvalue weighted by molar-refractivity contribution is 0.0950. The first-order valence-electron chi connectivity index (χ1n) is 5.27. The van der Waals surface area contributed by atoms with Crippen LogP contribution in [0, 0.1) is 6.92 Å². The van der Waals surface area contributed by atoms with Crippen LogP contribution in [-0.4, -0.2) is 11.0 Å². The van der Waals surface area contributed by atoms with E-state index in [0.717, 1.165) is 0 Å². The van der Waals surface area contributed by atoms with Gasteiger partial charge in [0.15, 0.2) is 0 Å². The fraction of sp³-hybridized carbons (Fsp3) is 0.154. The number of carbonyl (C=O) groups excluding carboxylic acids is 1. The number of furan rings is 1. The van der Waals surface area contributed by atoms with Crippen molar-refractivity contribution in [2.24, 2.45) is 0 Å². The number of carbonyl (C=O) groups is 1. The van der Waals surface area contributed by atoms with Gasteiger partial charge in [0.1, 0.15) is 17.8 Å². The summed E-state index contributed by atoms with van der Waals surface area (Å²) in [5, 5.41) is 12.2. The van der Waals surface area contributed by atoms with Gasteiger partial charge in [-0.15, -0.1) is 0 Å². The molecule has 0 saturated heterocycles. The number of rotatable bonds is 3. The zero-order valence-electron chi connectivity index (χ0n) is 9.43. The van der Waals surface area contributed by atoms with Gasteiger partial charge in [0.05, 0.1) is 5.56 Å². The van der Waals surface area contributed by atoms with Gasteiger partial charge in [-0.25, -0.2) is 0 Å². The lowest BCUT2D eigenvalue weighted by Crippen LogP contribution is -2.22. The summed E-state index contributed by atoms with van der Waals surface area (Å²) in [6.45, 7) is 2.07. The molecule has 2 rings (SSSR count).